The van der Waals surface area contributed by atoms with Crippen molar-refractivity contribution < 1.29 is 13.2 Å². The molecule has 26 heavy (non-hydrogen) atoms. The fourth-order valence-corrected chi connectivity index (χ4v) is 4.92. The first-order valence-corrected chi connectivity index (χ1v) is 10.7. The molecule has 0 saturated carbocycles. The van der Waals surface area contributed by atoms with Crippen LogP contribution in [0.5, 0.6) is 0 Å². The van der Waals surface area contributed by atoms with Gasteiger partial charge in [-0.25, -0.2) is 8.42 Å². The van der Waals surface area contributed by atoms with Gasteiger partial charge in [-0.3, -0.25) is 9.78 Å². The average Bonchev–Trinajstić information content (AvgIpc) is 2.67. The number of nitrogens with zero attached hydrogens (tertiary/aromatic N) is 2. The third kappa shape index (κ3) is 4.31. The standard InChI is InChI=1S/C18H20BrN3O3S/c19-14-7-9-16(10-8-14)26(24,25)22-12-4-2-6-17(22)18(23)21-13-15-5-1-3-11-20-15/h1,3,5,7-11,17H,2,4,6,12-13H2,(H,21,23). The number of pyridine rings is 1. The van der Waals surface area contributed by atoms with Gasteiger partial charge < -0.3 is 5.32 Å². The summed E-state index contributed by atoms with van der Waals surface area (Å²) in [6, 6.07) is 11.3. The molecule has 0 aliphatic carbocycles. The van der Waals surface area contributed by atoms with Crippen LogP contribution in [0.4, 0.5) is 0 Å². The van der Waals surface area contributed by atoms with Crippen molar-refractivity contribution in [1.82, 2.24) is 14.6 Å². The molecule has 8 heteroatoms. The van der Waals surface area contributed by atoms with Gasteiger partial charge in [0.25, 0.3) is 0 Å². The summed E-state index contributed by atoms with van der Waals surface area (Å²) >= 11 is 3.31. The van der Waals surface area contributed by atoms with Crippen molar-refractivity contribution in [2.75, 3.05) is 6.54 Å². The number of nitrogens with one attached hydrogen (secondary N) is 1. The third-order valence-corrected chi connectivity index (χ3v) is 6.80. The summed E-state index contributed by atoms with van der Waals surface area (Å²) in [5, 5.41) is 2.82. The van der Waals surface area contributed by atoms with Crippen LogP contribution in [-0.4, -0.2) is 36.2 Å². The van der Waals surface area contributed by atoms with Gasteiger partial charge in [-0.2, -0.15) is 4.31 Å². The van der Waals surface area contributed by atoms with Gasteiger partial charge in [0.1, 0.15) is 6.04 Å². The number of sulfonamides is 1. The van der Waals surface area contributed by atoms with Crippen molar-refractivity contribution in [1.29, 1.82) is 0 Å². The number of amides is 1. The van der Waals surface area contributed by atoms with Crippen molar-refractivity contribution in [3.8, 4) is 0 Å². The third-order valence-electron chi connectivity index (χ3n) is 4.35. The maximum atomic E-state index is 13.0. The van der Waals surface area contributed by atoms with Crippen molar-refractivity contribution in [2.24, 2.45) is 0 Å². The summed E-state index contributed by atoms with van der Waals surface area (Å²) in [4.78, 5) is 17.0. The molecule has 1 unspecified atom stereocenters. The number of halogens is 1. The number of benzene rings is 1. The van der Waals surface area contributed by atoms with E-state index in [-0.39, 0.29) is 17.3 Å². The van der Waals surface area contributed by atoms with Crippen LogP contribution >= 0.6 is 15.9 Å². The van der Waals surface area contributed by atoms with Gasteiger partial charge in [0.05, 0.1) is 17.1 Å². The Bertz CT molecular complexity index is 857. The summed E-state index contributed by atoms with van der Waals surface area (Å²) < 4.78 is 28.1. The molecule has 1 aliphatic heterocycles. The lowest BCUT2D eigenvalue weighted by Crippen LogP contribution is -2.51. The molecule has 2 aromatic rings. The van der Waals surface area contributed by atoms with Crippen molar-refractivity contribution >= 4 is 31.9 Å². The van der Waals surface area contributed by atoms with E-state index in [9.17, 15) is 13.2 Å². The summed E-state index contributed by atoms with van der Waals surface area (Å²) in [6.07, 6.45) is 3.75. The molecule has 1 aliphatic rings. The molecule has 2 heterocycles. The van der Waals surface area contributed by atoms with E-state index in [4.69, 9.17) is 0 Å². The molecule has 138 valence electrons. The molecule has 1 aromatic carbocycles. The largest absolute Gasteiger partial charge is 0.349 e. The van der Waals surface area contributed by atoms with Crippen molar-refractivity contribution in [3.63, 3.8) is 0 Å². The highest BCUT2D eigenvalue weighted by atomic mass is 79.9. The molecule has 0 spiro atoms. The Morgan fingerprint density at radius 3 is 2.65 bits per heavy atom. The van der Waals surface area contributed by atoms with Crippen LogP contribution in [0, 0.1) is 0 Å². The van der Waals surface area contributed by atoms with Crippen LogP contribution in [0.15, 0.2) is 58.0 Å². The van der Waals surface area contributed by atoms with Gasteiger partial charge >= 0.3 is 0 Å². The number of carbonyl (C=O) groups is 1. The number of rotatable bonds is 5. The average molecular weight is 438 g/mol. The Hall–Kier alpha value is -1.77. The molecule has 1 aromatic heterocycles. The number of carbonyl (C=O) groups excluding carboxylic acids is 1. The molecule has 0 radical (unpaired) electrons. The van der Waals surface area contributed by atoms with E-state index in [1.54, 1.807) is 36.5 Å². The maximum absolute atomic E-state index is 13.0. The molecular weight excluding hydrogens is 418 g/mol. The minimum atomic E-state index is -3.72. The lowest BCUT2D eigenvalue weighted by atomic mass is 10.0. The molecule has 1 atom stereocenters. The molecule has 1 fully saturated rings. The second-order valence-electron chi connectivity index (χ2n) is 6.12. The number of aromatic nitrogens is 1. The molecule has 1 amide bonds. The maximum Gasteiger partial charge on any atom is 0.243 e. The fourth-order valence-electron chi connectivity index (χ4n) is 2.99. The second-order valence-corrected chi connectivity index (χ2v) is 8.93. The summed E-state index contributed by atoms with van der Waals surface area (Å²) in [5.74, 6) is -0.281. The fraction of sp³-hybridized carbons (Fsp3) is 0.333. The Morgan fingerprint density at radius 1 is 1.19 bits per heavy atom. The Morgan fingerprint density at radius 2 is 1.96 bits per heavy atom. The van der Waals surface area contributed by atoms with Gasteiger partial charge in [0.15, 0.2) is 0 Å². The highest BCUT2D eigenvalue weighted by molar-refractivity contribution is 9.10. The first-order valence-electron chi connectivity index (χ1n) is 8.43. The molecule has 3 rings (SSSR count). The van der Waals surface area contributed by atoms with Crippen LogP contribution in [-0.2, 0) is 21.4 Å². The van der Waals surface area contributed by atoms with E-state index in [0.717, 1.165) is 23.0 Å². The SMILES string of the molecule is O=C(NCc1ccccn1)C1CCCCN1S(=O)(=O)c1ccc(Br)cc1. The van der Waals surface area contributed by atoms with Crippen molar-refractivity contribution in [2.45, 2.75) is 36.7 Å². The highest BCUT2D eigenvalue weighted by Crippen LogP contribution is 2.26. The molecule has 1 N–H and O–H groups in total. The Labute approximate surface area is 161 Å². The quantitative estimate of drug-likeness (QED) is 0.779. The lowest BCUT2D eigenvalue weighted by molar-refractivity contribution is -0.125. The van der Waals surface area contributed by atoms with Gasteiger partial charge in [0.2, 0.25) is 15.9 Å². The normalized spacial score (nSPS) is 18.4. The zero-order valence-corrected chi connectivity index (χ0v) is 16.5. The predicted octanol–water partition coefficient (Wildman–Crippen LogP) is 2.70. The van der Waals surface area contributed by atoms with Crippen LogP contribution in [0.3, 0.4) is 0 Å². The number of hydrogen-bond donors (Lipinski definition) is 1. The first kappa shape index (κ1) is 19.0. The lowest BCUT2D eigenvalue weighted by Gasteiger charge is -2.33. The van der Waals surface area contributed by atoms with Gasteiger partial charge in [-0.15, -0.1) is 0 Å². The van der Waals surface area contributed by atoms with E-state index in [2.05, 4.69) is 26.2 Å². The van der Waals surface area contributed by atoms with Crippen LogP contribution in [0.1, 0.15) is 25.0 Å². The number of piperidine rings is 1. The van der Waals surface area contributed by atoms with Gasteiger partial charge in [0, 0.05) is 17.2 Å². The monoisotopic (exact) mass is 437 g/mol. The van der Waals surface area contributed by atoms with Crippen LogP contribution in [0.25, 0.3) is 0 Å². The smallest absolute Gasteiger partial charge is 0.243 e. The van der Waals surface area contributed by atoms with E-state index in [1.165, 1.54) is 4.31 Å². The van der Waals surface area contributed by atoms with E-state index < -0.39 is 16.1 Å². The van der Waals surface area contributed by atoms with Gasteiger partial charge in [-0.05, 0) is 49.2 Å². The Balaban J connectivity index is 1.76. The van der Waals surface area contributed by atoms with E-state index >= 15 is 0 Å². The molecule has 0 bridgehead atoms. The minimum absolute atomic E-state index is 0.199. The molecule has 6 nitrogen and oxygen atoms in total. The zero-order chi connectivity index (χ0) is 18.6. The highest BCUT2D eigenvalue weighted by Gasteiger charge is 2.37. The Kier molecular flexibility index (Phi) is 6.05. The van der Waals surface area contributed by atoms with Crippen molar-refractivity contribution in [3.05, 3.63) is 58.8 Å². The first-order chi connectivity index (χ1) is 12.5. The molecule has 1 saturated heterocycles. The van der Waals surface area contributed by atoms with Gasteiger partial charge in [-0.1, -0.05) is 28.4 Å². The molecular formula is C18H20BrN3O3S. The predicted molar refractivity (Wildman–Crippen MR) is 102 cm³/mol. The second kappa shape index (κ2) is 8.28. The minimum Gasteiger partial charge on any atom is -0.349 e. The van der Waals surface area contributed by atoms with E-state index in [0.29, 0.717) is 13.0 Å². The zero-order valence-electron chi connectivity index (χ0n) is 14.1. The summed E-state index contributed by atoms with van der Waals surface area (Å²) in [6.45, 7) is 0.627. The number of hydrogen-bond acceptors (Lipinski definition) is 4. The summed E-state index contributed by atoms with van der Waals surface area (Å²) in [7, 11) is -3.72. The van der Waals surface area contributed by atoms with E-state index in [1.807, 2.05) is 12.1 Å². The van der Waals surface area contributed by atoms with Crippen LogP contribution in [0.2, 0.25) is 0 Å². The van der Waals surface area contributed by atoms with Crippen LogP contribution < -0.4 is 5.32 Å². The topological polar surface area (TPSA) is 79.4 Å². The summed E-state index contributed by atoms with van der Waals surface area (Å²) in [5.41, 5.74) is 0.735.